The first kappa shape index (κ1) is 13.4. The summed E-state index contributed by atoms with van der Waals surface area (Å²) in [6, 6.07) is 8.96. The summed E-state index contributed by atoms with van der Waals surface area (Å²) in [6.45, 7) is 1.95. The van der Waals surface area contributed by atoms with Gasteiger partial charge in [-0.25, -0.2) is 0 Å². The molecule has 5 heteroatoms. The molecule has 1 aromatic heterocycles. The molecule has 1 amide bonds. The van der Waals surface area contributed by atoms with E-state index in [1.54, 1.807) is 36.6 Å². The van der Waals surface area contributed by atoms with E-state index >= 15 is 0 Å². The molecule has 0 aliphatic heterocycles. The van der Waals surface area contributed by atoms with Gasteiger partial charge in [0.15, 0.2) is 0 Å². The van der Waals surface area contributed by atoms with E-state index in [9.17, 15) is 4.79 Å². The molecule has 4 nitrogen and oxygen atoms in total. The minimum atomic E-state index is -0.180. The molecule has 1 heterocycles. The van der Waals surface area contributed by atoms with Gasteiger partial charge in [0.1, 0.15) is 5.75 Å². The molecule has 2 rings (SSSR count). The van der Waals surface area contributed by atoms with E-state index < -0.39 is 0 Å². The lowest BCUT2D eigenvalue weighted by atomic mass is 10.1. The van der Waals surface area contributed by atoms with Crippen LogP contribution in [0.4, 0.5) is 5.69 Å². The van der Waals surface area contributed by atoms with Crippen LogP contribution in [0.3, 0.4) is 0 Å². The summed E-state index contributed by atoms with van der Waals surface area (Å²) in [5.41, 5.74) is 6.73. The fourth-order valence-electron chi connectivity index (χ4n) is 1.76. The minimum Gasteiger partial charge on any atom is -0.497 e. The van der Waals surface area contributed by atoms with Crippen LogP contribution in [0.25, 0.3) is 0 Å². The summed E-state index contributed by atoms with van der Waals surface area (Å²) < 4.78 is 5.06. The predicted molar refractivity (Wildman–Crippen MR) is 77.6 cm³/mol. The number of carbonyl (C=O) groups excluding carboxylic acids is 1. The number of rotatable bonds is 4. The van der Waals surface area contributed by atoms with Crippen LogP contribution < -0.4 is 15.8 Å². The van der Waals surface area contributed by atoms with Crippen molar-refractivity contribution >= 4 is 22.9 Å². The fraction of sp³-hybridized carbons (Fsp3) is 0.214. The van der Waals surface area contributed by atoms with Gasteiger partial charge in [-0.05, 0) is 30.5 Å². The van der Waals surface area contributed by atoms with Gasteiger partial charge in [-0.1, -0.05) is 6.07 Å². The summed E-state index contributed by atoms with van der Waals surface area (Å²) in [7, 11) is 1.56. The number of methoxy groups -OCH3 is 1. The van der Waals surface area contributed by atoms with Gasteiger partial charge in [0.25, 0.3) is 5.91 Å². The first-order valence-corrected chi connectivity index (χ1v) is 6.77. The molecule has 1 atom stereocenters. The summed E-state index contributed by atoms with van der Waals surface area (Å²) >= 11 is 1.61. The van der Waals surface area contributed by atoms with E-state index in [1.807, 2.05) is 24.4 Å². The standard InChI is InChI=1S/C14H16N2O2S/c1-9(13-4-3-7-19-13)16-14(17)11-6-5-10(18-2)8-12(11)15/h3-9H,15H2,1-2H3,(H,16,17). The normalized spacial score (nSPS) is 11.9. The maximum Gasteiger partial charge on any atom is 0.253 e. The number of nitrogen functional groups attached to an aromatic ring is 1. The van der Waals surface area contributed by atoms with Crippen molar-refractivity contribution in [1.82, 2.24) is 5.32 Å². The predicted octanol–water partition coefficient (Wildman–Crippen LogP) is 2.83. The van der Waals surface area contributed by atoms with Crippen LogP contribution >= 0.6 is 11.3 Å². The highest BCUT2D eigenvalue weighted by Gasteiger charge is 2.14. The number of nitrogens with two attached hydrogens (primary N) is 1. The number of nitrogens with one attached hydrogen (secondary N) is 1. The summed E-state index contributed by atoms with van der Waals surface area (Å²) in [5, 5.41) is 4.91. The second kappa shape index (κ2) is 5.75. The number of ether oxygens (including phenoxy) is 1. The van der Waals surface area contributed by atoms with Gasteiger partial charge in [-0.15, -0.1) is 11.3 Å². The summed E-state index contributed by atoms with van der Waals surface area (Å²) in [6.07, 6.45) is 0. The van der Waals surface area contributed by atoms with Crippen LogP contribution in [0, 0.1) is 0 Å². The second-order valence-electron chi connectivity index (χ2n) is 4.16. The van der Waals surface area contributed by atoms with Crippen LogP contribution in [0.1, 0.15) is 28.2 Å². The van der Waals surface area contributed by atoms with Gasteiger partial charge in [-0.3, -0.25) is 4.79 Å². The van der Waals surface area contributed by atoms with Crippen molar-refractivity contribution in [2.75, 3.05) is 12.8 Å². The van der Waals surface area contributed by atoms with Crippen molar-refractivity contribution in [3.63, 3.8) is 0 Å². The monoisotopic (exact) mass is 276 g/mol. The van der Waals surface area contributed by atoms with Crippen molar-refractivity contribution in [2.24, 2.45) is 0 Å². The third-order valence-corrected chi connectivity index (χ3v) is 3.88. The lowest BCUT2D eigenvalue weighted by molar-refractivity contribution is 0.0941. The number of hydrogen-bond donors (Lipinski definition) is 2. The van der Waals surface area contributed by atoms with Crippen LogP contribution in [0.2, 0.25) is 0 Å². The van der Waals surface area contributed by atoms with Crippen molar-refractivity contribution in [3.05, 3.63) is 46.2 Å². The van der Waals surface area contributed by atoms with E-state index in [0.717, 1.165) is 4.88 Å². The van der Waals surface area contributed by atoms with Gasteiger partial charge in [0.2, 0.25) is 0 Å². The zero-order valence-electron chi connectivity index (χ0n) is 10.8. The zero-order valence-corrected chi connectivity index (χ0v) is 11.7. The third kappa shape index (κ3) is 3.06. The Bertz CT molecular complexity index is 567. The number of amides is 1. The Kier molecular flexibility index (Phi) is 4.06. The minimum absolute atomic E-state index is 0.0333. The van der Waals surface area contributed by atoms with Gasteiger partial charge in [-0.2, -0.15) is 0 Å². The Morgan fingerprint density at radius 1 is 1.42 bits per heavy atom. The largest absolute Gasteiger partial charge is 0.497 e. The summed E-state index contributed by atoms with van der Waals surface area (Å²) in [4.78, 5) is 13.3. The molecule has 0 spiro atoms. The second-order valence-corrected chi connectivity index (χ2v) is 5.14. The topological polar surface area (TPSA) is 64.3 Å². The lowest BCUT2D eigenvalue weighted by Crippen LogP contribution is -2.26. The highest BCUT2D eigenvalue weighted by Crippen LogP contribution is 2.22. The Balaban J connectivity index is 2.12. The molecule has 1 unspecified atom stereocenters. The SMILES string of the molecule is COc1ccc(C(=O)NC(C)c2cccs2)c(N)c1. The molecular weight excluding hydrogens is 260 g/mol. The van der Waals surface area contributed by atoms with Crippen LogP contribution in [0.5, 0.6) is 5.75 Å². The lowest BCUT2D eigenvalue weighted by Gasteiger charge is -2.13. The maximum atomic E-state index is 12.1. The van der Waals surface area contributed by atoms with Gasteiger partial charge >= 0.3 is 0 Å². The number of anilines is 1. The Morgan fingerprint density at radius 3 is 2.79 bits per heavy atom. The molecule has 19 heavy (non-hydrogen) atoms. The van der Waals surface area contributed by atoms with Crippen molar-refractivity contribution in [2.45, 2.75) is 13.0 Å². The zero-order chi connectivity index (χ0) is 13.8. The molecule has 0 saturated heterocycles. The van der Waals surface area contributed by atoms with Crippen LogP contribution in [-0.2, 0) is 0 Å². The Morgan fingerprint density at radius 2 is 2.21 bits per heavy atom. The summed E-state index contributed by atoms with van der Waals surface area (Å²) in [5.74, 6) is 0.460. The van der Waals surface area contributed by atoms with Crippen molar-refractivity contribution in [1.29, 1.82) is 0 Å². The average molecular weight is 276 g/mol. The molecule has 0 saturated carbocycles. The van der Waals surface area contributed by atoms with E-state index in [2.05, 4.69) is 5.32 Å². The molecule has 0 bridgehead atoms. The molecule has 1 aromatic carbocycles. The van der Waals surface area contributed by atoms with Gasteiger partial charge in [0, 0.05) is 16.6 Å². The molecule has 0 fully saturated rings. The molecule has 0 radical (unpaired) electrons. The Hall–Kier alpha value is -2.01. The van der Waals surface area contributed by atoms with Crippen molar-refractivity contribution in [3.8, 4) is 5.75 Å². The maximum absolute atomic E-state index is 12.1. The number of hydrogen-bond acceptors (Lipinski definition) is 4. The number of carbonyl (C=O) groups is 1. The third-order valence-electron chi connectivity index (χ3n) is 2.82. The molecule has 2 aromatic rings. The first-order chi connectivity index (χ1) is 9.11. The highest BCUT2D eigenvalue weighted by molar-refractivity contribution is 7.10. The molecule has 100 valence electrons. The van der Waals surface area contributed by atoms with Gasteiger partial charge < -0.3 is 15.8 Å². The molecular formula is C14H16N2O2S. The number of benzene rings is 1. The van der Waals surface area contributed by atoms with Crippen LogP contribution in [0.15, 0.2) is 35.7 Å². The molecule has 3 N–H and O–H groups in total. The van der Waals surface area contributed by atoms with E-state index in [-0.39, 0.29) is 11.9 Å². The van der Waals surface area contributed by atoms with Gasteiger partial charge in [0.05, 0.1) is 18.7 Å². The van der Waals surface area contributed by atoms with Crippen molar-refractivity contribution < 1.29 is 9.53 Å². The van der Waals surface area contributed by atoms with E-state index in [4.69, 9.17) is 10.5 Å². The molecule has 0 aliphatic carbocycles. The fourth-order valence-corrected chi connectivity index (χ4v) is 2.49. The Labute approximate surface area is 116 Å². The van der Waals surface area contributed by atoms with Crippen LogP contribution in [-0.4, -0.2) is 13.0 Å². The smallest absolute Gasteiger partial charge is 0.253 e. The van der Waals surface area contributed by atoms with E-state index in [0.29, 0.717) is 17.0 Å². The van der Waals surface area contributed by atoms with E-state index in [1.165, 1.54) is 0 Å². The first-order valence-electron chi connectivity index (χ1n) is 5.89. The average Bonchev–Trinajstić information content (AvgIpc) is 2.92. The highest BCUT2D eigenvalue weighted by atomic mass is 32.1. The number of thiophene rings is 1. The molecule has 0 aliphatic rings. The quantitative estimate of drug-likeness (QED) is 0.844.